The second kappa shape index (κ2) is 8.03. The van der Waals surface area contributed by atoms with Crippen molar-refractivity contribution in [3.63, 3.8) is 0 Å². The molecule has 6 heteroatoms. The molecule has 1 saturated carbocycles. The molecule has 3 aromatic heterocycles. The fourth-order valence-corrected chi connectivity index (χ4v) is 5.18. The molecule has 1 aliphatic heterocycles. The number of carbonyl (C=O) groups is 1. The highest BCUT2D eigenvalue weighted by atomic mass is 16.1. The van der Waals surface area contributed by atoms with Crippen molar-refractivity contribution in [2.24, 2.45) is 5.92 Å². The largest absolute Gasteiger partial charge is 0.349 e. The lowest BCUT2D eigenvalue weighted by molar-refractivity contribution is 0.0926. The molecule has 1 aliphatic carbocycles. The Kier molecular flexibility index (Phi) is 5.09. The molecule has 4 heterocycles. The molecule has 154 valence electrons. The van der Waals surface area contributed by atoms with Crippen LogP contribution in [0.15, 0.2) is 61.3 Å². The molecular formula is C24H27N5O. The molecule has 0 unspecified atom stereocenters. The molecule has 30 heavy (non-hydrogen) atoms. The van der Waals surface area contributed by atoms with Gasteiger partial charge >= 0.3 is 0 Å². The summed E-state index contributed by atoms with van der Waals surface area (Å²) in [6.07, 6.45) is 12.6. The molecule has 2 fully saturated rings. The summed E-state index contributed by atoms with van der Waals surface area (Å²) in [6, 6.07) is 11.0. The number of carbonyl (C=O) groups excluding carboxylic acids is 1. The Balaban J connectivity index is 1.25. The Morgan fingerprint density at radius 2 is 2.07 bits per heavy atom. The Morgan fingerprint density at radius 3 is 2.90 bits per heavy atom. The van der Waals surface area contributed by atoms with Gasteiger partial charge in [0.1, 0.15) is 0 Å². The van der Waals surface area contributed by atoms with Crippen LogP contribution in [0.1, 0.15) is 40.9 Å². The van der Waals surface area contributed by atoms with Gasteiger partial charge in [0.25, 0.3) is 5.91 Å². The van der Waals surface area contributed by atoms with Crippen molar-refractivity contribution in [3.05, 3.63) is 78.1 Å². The summed E-state index contributed by atoms with van der Waals surface area (Å²) in [4.78, 5) is 23.7. The minimum atomic E-state index is 0.000698. The molecule has 2 aliphatic rings. The highest BCUT2D eigenvalue weighted by molar-refractivity contribution is 5.94. The van der Waals surface area contributed by atoms with Crippen molar-refractivity contribution in [1.29, 1.82) is 0 Å². The number of amides is 1. The minimum absolute atomic E-state index is 0.000698. The van der Waals surface area contributed by atoms with Crippen molar-refractivity contribution >= 4 is 5.91 Å². The van der Waals surface area contributed by atoms with Crippen LogP contribution in [-0.4, -0.2) is 44.0 Å². The predicted molar refractivity (Wildman–Crippen MR) is 115 cm³/mol. The maximum Gasteiger partial charge on any atom is 0.253 e. The summed E-state index contributed by atoms with van der Waals surface area (Å²) < 4.78 is 2.22. The lowest BCUT2D eigenvalue weighted by Gasteiger charge is -2.25. The molecule has 5 rings (SSSR count). The van der Waals surface area contributed by atoms with E-state index in [0.29, 0.717) is 17.5 Å². The van der Waals surface area contributed by atoms with E-state index < -0.39 is 0 Å². The molecule has 1 amide bonds. The number of rotatable bonds is 5. The lowest BCUT2D eigenvalue weighted by atomic mass is 9.99. The van der Waals surface area contributed by atoms with E-state index >= 15 is 0 Å². The summed E-state index contributed by atoms with van der Waals surface area (Å²) >= 11 is 0. The fraction of sp³-hybridized carbons (Fsp3) is 0.375. The zero-order valence-corrected chi connectivity index (χ0v) is 17.2. The summed E-state index contributed by atoms with van der Waals surface area (Å²) in [6.45, 7) is 3.96. The number of nitrogens with one attached hydrogen (secondary N) is 1. The zero-order valence-electron chi connectivity index (χ0n) is 17.2. The highest BCUT2D eigenvalue weighted by Gasteiger charge is 2.44. The summed E-state index contributed by atoms with van der Waals surface area (Å²) in [5, 5.41) is 3.29. The second-order valence-corrected chi connectivity index (χ2v) is 8.48. The Labute approximate surface area is 177 Å². The van der Waals surface area contributed by atoms with Crippen LogP contribution in [-0.2, 0) is 6.54 Å². The van der Waals surface area contributed by atoms with Gasteiger partial charge in [-0.15, -0.1) is 0 Å². The first-order valence-corrected chi connectivity index (χ1v) is 10.7. The van der Waals surface area contributed by atoms with Gasteiger partial charge in [0.15, 0.2) is 0 Å². The standard InChI is InChI=1S/C24H27N5O/c1-17-12-18(14-26-13-17)24(30)27-22-6-7-23-21(22)8-11-28(23)16-20-5-3-10-29(20)19-4-2-9-25-15-19/h2-5,9-10,12-15,21-23H,6-8,11,16H2,1H3,(H,27,30)/t21-,22-,23+/m0/s1. The number of aryl methyl sites for hydroxylation is 1. The maximum atomic E-state index is 12.7. The maximum absolute atomic E-state index is 12.7. The van der Waals surface area contributed by atoms with Crippen molar-refractivity contribution < 1.29 is 4.79 Å². The average molecular weight is 402 g/mol. The Morgan fingerprint density at radius 1 is 1.13 bits per heavy atom. The molecule has 1 N–H and O–H groups in total. The lowest BCUT2D eigenvalue weighted by Crippen LogP contribution is -2.39. The quantitative estimate of drug-likeness (QED) is 0.712. The first-order chi connectivity index (χ1) is 14.7. The van der Waals surface area contributed by atoms with Crippen LogP contribution in [0, 0.1) is 12.8 Å². The van der Waals surface area contributed by atoms with Gasteiger partial charge in [-0.05, 0) is 74.5 Å². The van der Waals surface area contributed by atoms with E-state index in [1.54, 1.807) is 18.6 Å². The molecule has 6 nitrogen and oxygen atoms in total. The van der Waals surface area contributed by atoms with Crippen LogP contribution in [0.2, 0.25) is 0 Å². The normalized spacial score (nSPS) is 23.4. The number of likely N-dealkylation sites (tertiary alicyclic amines) is 1. The summed E-state index contributed by atoms with van der Waals surface area (Å²) in [5.41, 5.74) is 4.04. The van der Waals surface area contributed by atoms with E-state index in [2.05, 4.69) is 49.1 Å². The van der Waals surface area contributed by atoms with Gasteiger partial charge in [-0.25, -0.2) is 0 Å². The number of fused-ring (bicyclic) bond motifs is 1. The van der Waals surface area contributed by atoms with Crippen molar-refractivity contribution in [2.45, 2.75) is 44.8 Å². The number of aromatic nitrogens is 3. The molecule has 3 atom stereocenters. The van der Waals surface area contributed by atoms with Crippen LogP contribution in [0.4, 0.5) is 0 Å². The molecule has 0 aromatic carbocycles. The third kappa shape index (κ3) is 3.63. The van der Waals surface area contributed by atoms with Crippen molar-refractivity contribution in [1.82, 2.24) is 24.8 Å². The average Bonchev–Trinajstić information content (AvgIpc) is 3.48. The van der Waals surface area contributed by atoms with Crippen LogP contribution in [0.3, 0.4) is 0 Å². The van der Waals surface area contributed by atoms with Gasteiger partial charge in [-0.3, -0.25) is 19.7 Å². The Hall–Kier alpha value is -2.99. The molecular weight excluding hydrogens is 374 g/mol. The van der Waals surface area contributed by atoms with Crippen molar-refractivity contribution in [2.75, 3.05) is 6.54 Å². The van der Waals surface area contributed by atoms with E-state index in [1.165, 1.54) is 5.69 Å². The van der Waals surface area contributed by atoms with E-state index in [0.717, 1.165) is 43.6 Å². The van der Waals surface area contributed by atoms with Crippen molar-refractivity contribution in [3.8, 4) is 5.69 Å². The van der Waals surface area contributed by atoms with Gasteiger partial charge < -0.3 is 9.88 Å². The van der Waals surface area contributed by atoms with Gasteiger partial charge in [0.05, 0.1) is 17.4 Å². The SMILES string of the molecule is Cc1cncc(C(=O)N[C@H]2CC[C@@H]3[C@H]2CCN3Cc2cccn2-c2cccnc2)c1. The topological polar surface area (TPSA) is 63.1 Å². The van der Waals surface area contributed by atoms with E-state index in [9.17, 15) is 4.79 Å². The first kappa shape index (κ1) is 19.0. The summed E-state index contributed by atoms with van der Waals surface area (Å²) in [5.74, 6) is 0.522. The first-order valence-electron chi connectivity index (χ1n) is 10.7. The van der Waals surface area contributed by atoms with Crippen LogP contribution in [0.5, 0.6) is 0 Å². The van der Waals surface area contributed by atoms with Gasteiger partial charge in [-0.2, -0.15) is 0 Å². The van der Waals surface area contributed by atoms with Crippen LogP contribution in [0.25, 0.3) is 5.69 Å². The molecule has 3 aromatic rings. The third-order valence-electron chi connectivity index (χ3n) is 6.58. The number of pyridine rings is 2. The molecule has 0 radical (unpaired) electrons. The third-order valence-corrected chi connectivity index (χ3v) is 6.58. The number of hydrogen-bond acceptors (Lipinski definition) is 4. The second-order valence-electron chi connectivity index (χ2n) is 8.48. The van der Waals surface area contributed by atoms with Gasteiger partial charge in [0, 0.05) is 49.1 Å². The van der Waals surface area contributed by atoms with E-state index in [1.807, 2.05) is 25.3 Å². The smallest absolute Gasteiger partial charge is 0.253 e. The van der Waals surface area contributed by atoms with Crippen LogP contribution < -0.4 is 5.32 Å². The number of nitrogens with zero attached hydrogens (tertiary/aromatic N) is 4. The van der Waals surface area contributed by atoms with Gasteiger partial charge in [0.2, 0.25) is 0 Å². The fourth-order valence-electron chi connectivity index (χ4n) is 5.18. The minimum Gasteiger partial charge on any atom is -0.349 e. The molecule has 1 saturated heterocycles. The van der Waals surface area contributed by atoms with E-state index in [-0.39, 0.29) is 11.9 Å². The van der Waals surface area contributed by atoms with Gasteiger partial charge in [-0.1, -0.05) is 0 Å². The highest BCUT2D eigenvalue weighted by Crippen LogP contribution is 2.39. The molecule has 0 bridgehead atoms. The zero-order chi connectivity index (χ0) is 20.5. The predicted octanol–water partition coefficient (Wildman–Crippen LogP) is 3.36. The summed E-state index contributed by atoms with van der Waals surface area (Å²) in [7, 11) is 0. The monoisotopic (exact) mass is 401 g/mol. The van der Waals surface area contributed by atoms with Crippen LogP contribution >= 0.6 is 0 Å². The molecule has 0 spiro atoms. The number of hydrogen-bond donors (Lipinski definition) is 1. The van der Waals surface area contributed by atoms with E-state index in [4.69, 9.17) is 0 Å². The Bertz CT molecular complexity index is 1030.